The number of carbonyl (C=O) groups excluding carboxylic acids is 1. The molecule has 0 spiro atoms. The van der Waals surface area contributed by atoms with E-state index in [0.29, 0.717) is 24.0 Å². The standard InChI is InChI=1S/C22H22N6O2/c1-15-19(16(2)27(25-15)13-17-8-4-3-5-9-17)12-23-21(29)14-28-22(30)18-10-6-7-11-20(18)24-26-28/h3-11H,12-14H2,1-2H3,(H,23,29). The molecule has 0 saturated carbocycles. The number of carbonyl (C=O) groups is 1. The summed E-state index contributed by atoms with van der Waals surface area (Å²) in [6.07, 6.45) is 0. The SMILES string of the molecule is Cc1nn(Cc2ccccc2)c(C)c1CNC(=O)Cn1nnc2ccccc2c1=O. The van der Waals surface area contributed by atoms with Crippen LogP contribution in [0.4, 0.5) is 0 Å². The molecule has 0 fully saturated rings. The van der Waals surface area contributed by atoms with E-state index in [2.05, 4.69) is 32.9 Å². The Morgan fingerprint density at radius 1 is 1.00 bits per heavy atom. The molecule has 152 valence electrons. The van der Waals surface area contributed by atoms with Crippen molar-refractivity contribution in [3.05, 3.63) is 87.5 Å². The summed E-state index contributed by atoms with van der Waals surface area (Å²) in [6, 6.07) is 17.0. The molecule has 8 heteroatoms. The van der Waals surface area contributed by atoms with Crippen LogP contribution in [0.3, 0.4) is 0 Å². The third kappa shape index (κ3) is 3.98. The Labute approximate surface area is 173 Å². The molecule has 2 heterocycles. The summed E-state index contributed by atoms with van der Waals surface area (Å²) in [7, 11) is 0. The minimum absolute atomic E-state index is 0.188. The maximum absolute atomic E-state index is 12.5. The lowest BCUT2D eigenvalue weighted by molar-refractivity contribution is -0.122. The van der Waals surface area contributed by atoms with Crippen LogP contribution in [-0.4, -0.2) is 30.7 Å². The lowest BCUT2D eigenvalue weighted by Gasteiger charge is -2.08. The molecule has 8 nitrogen and oxygen atoms in total. The van der Waals surface area contributed by atoms with Crippen LogP contribution in [0.15, 0.2) is 59.4 Å². The third-order valence-corrected chi connectivity index (χ3v) is 5.09. The number of rotatable bonds is 6. The second-order valence-corrected chi connectivity index (χ2v) is 7.14. The molecule has 0 aliphatic heterocycles. The summed E-state index contributed by atoms with van der Waals surface area (Å²) >= 11 is 0. The Hall–Kier alpha value is -3.81. The Kier molecular flexibility index (Phi) is 5.38. The van der Waals surface area contributed by atoms with E-state index in [1.54, 1.807) is 24.3 Å². The van der Waals surface area contributed by atoms with Crippen LogP contribution in [0.25, 0.3) is 10.9 Å². The molecule has 0 radical (unpaired) electrons. The molecule has 4 rings (SSSR count). The lowest BCUT2D eigenvalue weighted by Crippen LogP contribution is -2.34. The molecule has 0 atom stereocenters. The Morgan fingerprint density at radius 3 is 2.53 bits per heavy atom. The summed E-state index contributed by atoms with van der Waals surface area (Å²) < 4.78 is 3.02. The summed E-state index contributed by atoms with van der Waals surface area (Å²) in [6.45, 7) is 4.73. The first-order valence-electron chi connectivity index (χ1n) is 9.69. The van der Waals surface area contributed by atoms with Crippen LogP contribution in [0.1, 0.15) is 22.5 Å². The summed E-state index contributed by atoms with van der Waals surface area (Å²) in [4.78, 5) is 24.9. The zero-order chi connectivity index (χ0) is 21.1. The zero-order valence-electron chi connectivity index (χ0n) is 16.9. The minimum Gasteiger partial charge on any atom is -0.350 e. The minimum atomic E-state index is -0.334. The fraction of sp³-hybridized carbons (Fsp3) is 0.227. The number of amides is 1. The number of nitrogens with one attached hydrogen (secondary N) is 1. The first-order chi connectivity index (χ1) is 14.5. The highest BCUT2D eigenvalue weighted by Gasteiger charge is 2.14. The van der Waals surface area contributed by atoms with E-state index < -0.39 is 0 Å². The number of hydrogen-bond acceptors (Lipinski definition) is 5. The van der Waals surface area contributed by atoms with Crippen molar-refractivity contribution in [1.29, 1.82) is 0 Å². The highest BCUT2D eigenvalue weighted by Crippen LogP contribution is 2.14. The van der Waals surface area contributed by atoms with Gasteiger partial charge in [-0.2, -0.15) is 5.10 Å². The number of aryl methyl sites for hydroxylation is 1. The highest BCUT2D eigenvalue weighted by atomic mass is 16.2. The molecule has 2 aromatic carbocycles. The van der Waals surface area contributed by atoms with Gasteiger partial charge in [-0.15, -0.1) is 5.10 Å². The van der Waals surface area contributed by atoms with Gasteiger partial charge < -0.3 is 5.32 Å². The van der Waals surface area contributed by atoms with Gasteiger partial charge in [0.1, 0.15) is 12.1 Å². The highest BCUT2D eigenvalue weighted by molar-refractivity contribution is 5.78. The van der Waals surface area contributed by atoms with E-state index in [0.717, 1.165) is 27.2 Å². The fourth-order valence-corrected chi connectivity index (χ4v) is 3.41. The van der Waals surface area contributed by atoms with Gasteiger partial charge in [0.15, 0.2) is 0 Å². The van der Waals surface area contributed by atoms with Gasteiger partial charge >= 0.3 is 0 Å². The molecule has 0 aliphatic carbocycles. The normalized spacial score (nSPS) is 11.0. The van der Waals surface area contributed by atoms with Gasteiger partial charge in [0.2, 0.25) is 5.91 Å². The quantitative estimate of drug-likeness (QED) is 0.532. The topological polar surface area (TPSA) is 94.7 Å². The van der Waals surface area contributed by atoms with Crippen molar-refractivity contribution >= 4 is 16.8 Å². The van der Waals surface area contributed by atoms with Crippen molar-refractivity contribution < 1.29 is 4.79 Å². The zero-order valence-corrected chi connectivity index (χ0v) is 16.9. The first-order valence-corrected chi connectivity index (χ1v) is 9.69. The molecule has 2 aromatic heterocycles. The lowest BCUT2D eigenvalue weighted by atomic mass is 10.2. The number of benzene rings is 2. The van der Waals surface area contributed by atoms with Gasteiger partial charge in [-0.1, -0.05) is 47.7 Å². The van der Waals surface area contributed by atoms with Gasteiger partial charge in [0, 0.05) is 17.8 Å². The number of nitrogens with zero attached hydrogens (tertiary/aromatic N) is 5. The van der Waals surface area contributed by atoms with Crippen LogP contribution in [0, 0.1) is 13.8 Å². The Morgan fingerprint density at radius 2 is 1.73 bits per heavy atom. The van der Waals surface area contributed by atoms with Crippen molar-refractivity contribution in [3.8, 4) is 0 Å². The van der Waals surface area contributed by atoms with E-state index in [1.807, 2.05) is 36.7 Å². The maximum atomic E-state index is 12.5. The fourth-order valence-electron chi connectivity index (χ4n) is 3.41. The van der Waals surface area contributed by atoms with Crippen LogP contribution >= 0.6 is 0 Å². The van der Waals surface area contributed by atoms with E-state index in [4.69, 9.17) is 0 Å². The van der Waals surface area contributed by atoms with Gasteiger partial charge in [-0.3, -0.25) is 14.3 Å². The average Bonchev–Trinajstić information content (AvgIpc) is 3.02. The number of fused-ring (bicyclic) bond motifs is 1. The molecular weight excluding hydrogens is 380 g/mol. The van der Waals surface area contributed by atoms with Crippen molar-refractivity contribution in [1.82, 2.24) is 30.1 Å². The molecular formula is C22H22N6O2. The summed E-state index contributed by atoms with van der Waals surface area (Å²) in [5.41, 5.74) is 4.17. The van der Waals surface area contributed by atoms with Gasteiger partial charge in [-0.05, 0) is 31.5 Å². The van der Waals surface area contributed by atoms with Crippen LogP contribution in [-0.2, 0) is 24.4 Å². The maximum Gasteiger partial charge on any atom is 0.278 e. The van der Waals surface area contributed by atoms with Crippen molar-refractivity contribution in [2.24, 2.45) is 0 Å². The van der Waals surface area contributed by atoms with Crippen molar-refractivity contribution in [2.45, 2.75) is 33.5 Å². The Bertz CT molecular complexity index is 1260. The monoisotopic (exact) mass is 402 g/mol. The van der Waals surface area contributed by atoms with Crippen LogP contribution < -0.4 is 10.9 Å². The molecule has 0 aliphatic rings. The predicted molar refractivity (Wildman–Crippen MR) is 113 cm³/mol. The first kappa shape index (κ1) is 19.5. The second-order valence-electron chi connectivity index (χ2n) is 7.14. The Balaban J connectivity index is 1.44. The predicted octanol–water partition coefficient (Wildman–Crippen LogP) is 1.97. The largest absolute Gasteiger partial charge is 0.350 e. The van der Waals surface area contributed by atoms with E-state index in [1.165, 1.54) is 0 Å². The molecule has 0 saturated heterocycles. The molecule has 4 aromatic rings. The molecule has 30 heavy (non-hydrogen) atoms. The number of hydrogen-bond donors (Lipinski definition) is 1. The second kappa shape index (κ2) is 8.28. The van der Waals surface area contributed by atoms with E-state index in [9.17, 15) is 9.59 Å². The van der Waals surface area contributed by atoms with Gasteiger partial charge in [0.05, 0.1) is 17.6 Å². The third-order valence-electron chi connectivity index (χ3n) is 5.09. The van der Waals surface area contributed by atoms with Crippen LogP contribution in [0.2, 0.25) is 0 Å². The summed E-state index contributed by atoms with van der Waals surface area (Å²) in [5, 5.41) is 15.8. The van der Waals surface area contributed by atoms with E-state index in [-0.39, 0.29) is 18.0 Å². The van der Waals surface area contributed by atoms with Gasteiger partial charge in [0.25, 0.3) is 5.56 Å². The molecule has 1 amide bonds. The van der Waals surface area contributed by atoms with Crippen LogP contribution in [0.5, 0.6) is 0 Å². The van der Waals surface area contributed by atoms with E-state index >= 15 is 0 Å². The summed E-state index contributed by atoms with van der Waals surface area (Å²) in [5.74, 6) is -0.309. The molecule has 0 bridgehead atoms. The molecule has 0 unspecified atom stereocenters. The smallest absolute Gasteiger partial charge is 0.278 e. The van der Waals surface area contributed by atoms with Gasteiger partial charge in [-0.25, -0.2) is 4.68 Å². The average molecular weight is 402 g/mol. The van der Waals surface area contributed by atoms with Crippen molar-refractivity contribution in [3.63, 3.8) is 0 Å². The van der Waals surface area contributed by atoms with Crippen molar-refractivity contribution in [2.75, 3.05) is 0 Å². The number of aromatic nitrogens is 5. The molecule has 1 N–H and O–H groups in total.